The number of likely N-dealkylation sites (N-methyl/N-ethyl adjacent to an activating group) is 1. The standard InChI is InChI=1S/C9H22NO.C2H4O3/c1-5-10(4,6-2)8-9-11-7-3;1-5-2(3)4/h5-9H2,1-4H3;1H3,(H,3,4)/q+1;/p-1. The molecule has 0 saturated heterocycles. The van der Waals surface area contributed by atoms with Gasteiger partial charge in [0.1, 0.15) is 6.54 Å². The summed E-state index contributed by atoms with van der Waals surface area (Å²) in [6.07, 6.45) is -1.50. The van der Waals surface area contributed by atoms with Crippen molar-refractivity contribution in [1.29, 1.82) is 0 Å². The molecule has 0 fully saturated rings. The van der Waals surface area contributed by atoms with Crippen molar-refractivity contribution in [2.45, 2.75) is 20.8 Å². The van der Waals surface area contributed by atoms with E-state index in [-0.39, 0.29) is 0 Å². The zero-order chi connectivity index (χ0) is 13.0. The minimum absolute atomic E-state index is 0.841. The summed E-state index contributed by atoms with van der Waals surface area (Å²) in [5, 5.41) is 9.03. The van der Waals surface area contributed by atoms with Gasteiger partial charge in [-0.3, -0.25) is 0 Å². The Morgan fingerprint density at radius 1 is 1.25 bits per heavy atom. The largest absolute Gasteiger partial charge is 0.553 e. The van der Waals surface area contributed by atoms with Gasteiger partial charge >= 0.3 is 0 Å². The molecule has 0 saturated carbocycles. The van der Waals surface area contributed by atoms with E-state index < -0.39 is 6.16 Å². The van der Waals surface area contributed by atoms with E-state index in [1.54, 1.807) is 0 Å². The second-order valence-electron chi connectivity index (χ2n) is 3.63. The summed E-state index contributed by atoms with van der Waals surface area (Å²) >= 11 is 0. The van der Waals surface area contributed by atoms with E-state index >= 15 is 0 Å². The fourth-order valence-electron chi connectivity index (χ4n) is 0.969. The smallest absolute Gasteiger partial charge is 0.251 e. The maximum atomic E-state index is 9.03. The van der Waals surface area contributed by atoms with E-state index in [1.165, 1.54) is 13.1 Å². The van der Waals surface area contributed by atoms with Crippen LogP contribution >= 0.6 is 0 Å². The molecule has 0 aromatic carbocycles. The Morgan fingerprint density at radius 3 is 1.94 bits per heavy atom. The Morgan fingerprint density at radius 2 is 1.69 bits per heavy atom. The molecule has 0 heterocycles. The zero-order valence-corrected chi connectivity index (χ0v) is 11.1. The molecular formula is C11H25NO4. The number of carbonyl (C=O) groups excluding carboxylic acids is 1. The topological polar surface area (TPSA) is 58.6 Å². The second-order valence-corrected chi connectivity index (χ2v) is 3.63. The number of methoxy groups -OCH3 is 1. The molecule has 5 heteroatoms. The molecule has 0 amide bonds. The van der Waals surface area contributed by atoms with Gasteiger partial charge in [0.25, 0.3) is 6.16 Å². The summed E-state index contributed by atoms with van der Waals surface area (Å²) in [6.45, 7) is 11.8. The number of ether oxygens (including phenoxy) is 2. The average Bonchev–Trinajstić information content (AvgIpc) is 2.30. The zero-order valence-electron chi connectivity index (χ0n) is 11.1. The van der Waals surface area contributed by atoms with Crippen LogP contribution in [-0.4, -0.2) is 57.6 Å². The highest BCUT2D eigenvalue weighted by atomic mass is 16.6. The van der Waals surface area contributed by atoms with Gasteiger partial charge in [-0.05, 0) is 20.8 Å². The first kappa shape index (κ1) is 17.6. The highest BCUT2D eigenvalue weighted by Gasteiger charge is 2.14. The lowest BCUT2D eigenvalue weighted by atomic mass is 10.4. The van der Waals surface area contributed by atoms with Gasteiger partial charge in [-0.1, -0.05) is 0 Å². The lowest BCUT2D eigenvalue weighted by molar-refractivity contribution is -0.906. The fourth-order valence-corrected chi connectivity index (χ4v) is 0.969. The molecule has 0 atom stereocenters. The van der Waals surface area contributed by atoms with Crippen LogP contribution in [0.25, 0.3) is 0 Å². The van der Waals surface area contributed by atoms with Crippen LogP contribution in [0.2, 0.25) is 0 Å². The third-order valence-corrected chi connectivity index (χ3v) is 2.67. The highest BCUT2D eigenvalue weighted by Crippen LogP contribution is 1.99. The first-order valence-electron chi connectivity index (χ1n) is 5.62. The van der Waals surface area contributed by atoms with Gasteiger partial charge in [-0.25, -0.2) is 0 Å². The number of hydrogen-bond acceptors (Lipinski definition) is 4. The number of nitrogens with zero attached hydrogens (tertiary/aromatic N) is 1. The molecule has 0 aliphatic carbocycles. The van der Waals surface area contributed by atoms with Gasteiger partial charge in [0, 0.05) is 13.7 Å². The van der Waals surface area contributed by atoms with Gasteiger partial charge in [0.2, 0.25) is 0 Å². The molecule has 16 heavy (non-hydrogen) atoms. The van der Waals surface area contributed by atoms with E-state index in [2.05, 4.69) is 25.6 Å². The van der Waals surface area contributed by atoms with Gasteiger partial charge in [-0.15, -0.1) is 0 Å². The van der Waals surface area contributed by atoms with E-state index in [9.17, 15) is 0 Å². The van der Waals surface area contributed by atoms with Crippen LogP contribution in [-0.2, 0) is 9.47 Å². The molecule has 0 aromatic heterocycles. The van der Waals surface area contributed by atoms with Crippen molar-refractivity contribution in [1.82, 2.24) is 0 Å². The third-order valence-electron chi connectivity index (χ3n) is 2.67. The Balaban J connectivity index is 0. The van der Waals surface area contributed by atoms with Crippen LogP contribution in [0.4, 0.5) is 4.79 Å². The molecule has 5 nitrogen and oxygen atoms in total. The normalized spacial score (nSPS) is 10.3. The Bertz CT molecular complexity index is 169. The van der Waals surface area contributed by atoms with Crippen molar-refractivity contribution in [3.63, 3.8) is 0 Å². The monoisotopic (exact) mass is 235 g/mol. The molecular weight excluding hydrogens is 210 g/mol. The highest BCUT2D eigenvalue weighted by molar-refractivity contribution is 5.53. The summed E-state index contributed by atoms with van der Waals surface area (Å²) in [4.78, 5) is 9.03. The number of carboxylic acid groups (broad SMARTS) is 1. The van der Waals surface area contributed by atoms with Crippen LogP contribution in [0, 0.1) is 0 Å². The molecule has 0 rings (SSSR count). The van der Waals surface area contributed by atoms with Crippen molar-refractivity contribution in [2.24, 2.45) is 0 Å². The third kappa shape index (κ3) is 11.3. The quantitative estimate of drug-likeness (QED) is 0.382. The average molecular weight is 235 g/mol. The van der Waals surface area contributed by atoms with Gasteiger partial charge in [0.15, 0.2) is 0 Å². The minimum atomic E-state index is -1.50. The summed E-state index contributed by atoms with van der Waals surface area (Å²) in [5.74, 6) is 0. The predicted octanol–water partition coefficient (Wildman–Crippen LogP) is 0.485. The fraction of sp³-hybridized carbons (Fsp3) is 0.909. The molecule has 0 bridgehead atoms. The number of rotatable bonds is 6. The molecule has 0 spiro atoms. The van der Waals surface area contributed by atoms with E-state index in [4.69, 9.17) is 14.6 Å². The summed E-state index contributed by atoms with van der Waals surface area (Å²) < 4.78 is 10.00. The Kier molecular flexibility index (Phi) is 11.8. The molecule has 0 unspecified atom stereocenters. The van der Waals surface area contributed by atoms with Crippen LogP contribution in [0.1, 0.15) is 20.8 Å². The van der Waals surface area contributed by atoms with E-state index in [0.29, 0.717) is 0 Å². The van der Waals surface area contributed by atoms with Crippen molar-refractivity contribution in [3.05, 3.63) is 0 Å². The lowest BCUT2D eigenvalue weighted by Crippen LogP contribution is -2.45. The van der Waals surface area contributed by atoms with E-state index in [1.807, 2.05) is 6.92 Å². The SMILES string of the molecule is CCOCC[N+](C)(CC)CC.COC(=O)[O-]. The van der Waals surface area contributed by atoms with Crippen molar-refractivity contribution in [2.75, 3.05) is 47.0 Å². The van der Waals surface area contributed by atoms with Crippen molar-refractivity contribution < 1.29 is 23.9 Å². The second kappa shape index (κ2) is 10.7. The van der Waals surface area contributed by atoms with Gasteiger partial charge < -0.3 is 23.9 Å². The molecule has 0 aliphatic rings. The first-order valence-corrected chi connectivity index (χ1v) is 5.62. The summed E-state index contributed by atoms with van der Waals surface area (Å²) in [7, 11) is 3.31. The number of carbonyl (C=O) groups is 1. The Labute approximate surface area is 98.5 Å². The number of hydrogen-bond donors (Lipinski definition) is 0. The first-order chi connectivity index (χ1) is 7.45. The molecule has 0 aromatic rings. The van der Waals surface area contributed by atoms with Gasteiger partial charge in [0.05, 0.1) is 26.7 Å². The molecule has 98 valence electrons. The van der Waals surface area contributed by atoms with Crippen LogP contribution in [0.3, 0.4) is 0 Å². The molecule has 0 N–H and O–H groups in total. The van der Waals surface area contributed by atoms with Crippen LogP contribution in [0.5, 0.6) is 0 Å². The lowest BCUT2D eigenvalue weighted by Gasteiger charge is -2.31. The van der Waals surface area contributed by atoms with Gasteiger partial charge in [-0.2, -0.15) is 0 Å². The minimum Gasteiger partial charge on any atom is -0.553 e. The molecule has 0 aliphatic heterocycles. The van der Waals surface area contributed by atoms with Crippen molar-refractivity contribution >= 4 is 6.16 Å². The predicted molar refractivity (Wildman–Crippen MR) is 61.0 cm³/mol. The molecule has 0 radical (unpaired) electrons. The summed E-state index contributed by atoms with van der Waals surface area (Å²) in [5.41, 5.74) is 0. The maximum absolute atomic E-state index is 9.03. The van der Waals surface area contributed by atoms with E-state index in [0.717, 1.165) is 31.4 Å². The van der Waals surface area contributed by atoms with Crippen LogP contribution in [0.15, 0.2) is 0 Å². The van der Waals surface area contributed by atoms with Crippen molar-refractivity contribution in [3.8, 4) is 0 Å². The Hall–Kier alpha value is -0.810. The maximum Gasteiger partial charge on any atom is 0.251 e. The summed E-state index contributed by atoms with van der Waals surface area (Å²) in [6, 6.07) is 0. The van der Waals surface area contributed by atoms with Crippen LogP contribution < -0.4 is 5.11 Å². The number of quaternary nitrogens is 1.